The number of hydrogen-bond acceptors (Lipinski definition) is 3. The molecule has 0 aliphatic heterocycles. The summed E-state index contributed by atoms with van der Waals surface area (Å²) in [4.78, 5) is 2.16. The van der Waals surface area contributed by atoms with Gasteiger partial charge in [0.2, 0.25) is 0 Å². The molecule has 0 fully saturated rings. The molecule has 0 saturated carbocycles. The molecule has 0 aliphatic carbocycles. The summed E-state index contributed by atoms with van der Waals surface area (Å²) in [5.41, 5.74) is 0.390. The molecule has 1 rings (SSSR count). The van der Waals surface area contributed by atoms with E-state index in [9.17, 15) is 5.26 Å². The summed E-state index contributed by atoms with van der Waals surface area (Å²) in [6.45, 7) is 7.85. The molecule has 0 saturated heterocycles. The van der Waals surface area contributed by atoms with Crippen molar-refractivity contribution in [2.24, 2.45) is 0 Å². The van der Waals surface area contributed by atoms with Crippen LogP contribution >= 0.6 is 0 Å². The third-order valence-electron chi connectivity index (χ3n) is 3.04. The zero-order valence-electron chi connectivity index (χ0n) is 11.8. The Morgan fingerprint density at radius 1 is 1.33 bits per heavy atom. The van der Waals surface area contributed by atoms with Crippen LogP contribution in [0.25, 0.3) is 0 Å². The van der Waals surface area contributed by atoms with E-state index in [4.69, 9.17) is 0 Å². The molecule has 0 spiro atoms. The van der Waals surface area contributed by atoms with Gasteiger partial charge in [-0.1, -0.05) is 37.3 Å². The van der Waals surface area contributed by atoms with Gasteiger partial charge in [0.25, 0.3) is 0 Å². The average molecular weight is 245 g/mol. The fourth-order valence-electron chi connectivity index (χ4n) is 2.08. The van der Waals surface area contributed by atoms with Gasteiger partial charge in [0, 0.05) is 12.6 Å². The maximum absolute atomic E-state index is 9.68. The zero-order valence-corrected chi connectivity index (χ0v) is 11.8. The number of benzene rings is 1. The van der Waals surface area contributed by atoms with Gasteiger partial charge in [-0.05, 0) is 33.0 Å². The minimum atomic E-state index is -0.639. The quantitative estimate of drug-likeness (QED) is 0.836. The van der Waals surface area contributed by atoms with E-state index in [0.717, 1.165) is 12.1 Å². The number of likely N-dealkylation sites (N-methyl/N-ethyl adjacent to an activating group) is 1. The highest BCUT2D eigenvalue weighted by Gasteiger charge is 2.33. The highest BCUT2D eigenvalue weighted by atomic mass is 15.1. The predicted octanol–water partition coefficient (Wildman–Crippen LogP) is 2.36. The van der Waals surface area contributed by atoms with Crippen molar-refractivity contribution in [2.75, 3.05) is 20.1 Å². The van der Waals surface area contributed by atoms with Crippen LogP contribution in [-0.2, 0) is 5.54 Å². The summed E-state index contributed by atoms with van der Waals surface area (Å²) in [5, 5.41) is 13.1. The molecule has 0 bridgehead atoms. The first-order chi connectivity index (χ1) is 8.54. The third kappa shape index (κ3) is 3.56. The van der Waals surface area contributed by atoms with E-state index < -0.39 is 5.54 Å². The fourth-order valence-corrected chi connectivity index (χ4v) is 2.08. The summed E-state index contributed by atoms with van der Waals surface area (Å²) in [7, 11) is 2.04. The first-order valence-corrected chi connectivity index (χ1v) is 6.47. The molecule has 98 valence electrons. The lowest BCUT2D eigenvalue weighted by Gasteiger charge is -2.34. The highest BCUT2D eigenvalue weighted by molar-refractivity contribution is 5.32. The largest absolute Gasteiger partial charge is 0.303 e. The molecule has 1 aromatic rings. The van der Waals surface area contributed by atoms with Crippen molar-refractivity contribution in [1.29, 1.82) is 5.26 Å². The lowest BCUT2D eigenvalue weighted by Crippen LogP contribution is -2.51. The molecule has 3 heteroatoms. The molecule has 0 aliphatic rings. The van der Waals surface area contributed by atoms with Gasteiger partial charge in [-0.3, -0.25) is 5.32 Å². The Kier molecular flexibility index (Phi) is 5.33. The molecule has 1 unspecified atom stereocenters. The van der Waals surface area contributed by atoms with Crippen molar-refractivity contribution in [1.82, 2.24) is 10.2 Å². The van der Waals surface area contributed by atoms with E-state index in [-0.39, 0.29) is 6.04 Å². The van der Waals surface area contributed by atoms with Gasteiger partial charge >= 0.3 is 0 Å². The Bertz CT molecular complexity index is 394. The molecule has 0 radical (unpaired) electrons. The number of nitriles is 1. The number of nitrogens with zero attached hydrogens (tertiary/aromatic N) is 2. The van der Waals surface area contributed by atoms with Gasteiger partial charge < -0.3 is 4.90 Å². The van der Waals surface area contributed by atoms with Crippen molar-refractivity contribution in [3.63, 3.8) is 0 Å². The molecule has 1 N–H and O–H groups in total. The van der Waals surface area contributed by atoms with Crippen LogP contribution in [0, 0.1) is 11.3 Å². The summed E-state index contributed by atoms with van der Waals surface area (Å²) in [6.07, 6.45) is 0. The second-order valence-electron chi connectivity index (χ2n) is 5.01. The highest BCUT2D eigenvalue weighted by Crippen LogP contribution is 2.22. The van der Waals surface area contributed by atoms with Crippen LogP contribution in [0.15, 0.2) is 30.3 Å². The van der Waals surface area contributed by atoms with Crippen molar-refractivity contribution >= 4 is 0 Å². The van der Waals surface area contributed by atoms with Crippen molar-refractivity contribution in [3.05, 3.63) is 35.9 Å². The molecule has 1 atom stereocenters. The molecule has 0 aromatic heterocycles. The van der Waals surface area contributed by atoms with Crippen LogP contribution < -0.4 is 5.32 Å². The van der Waals surface area contributed by atoms with E-state index in [1.807, 2.05) is 37.4 Å². The van der Waals surface area contributed by atoms with Gasteiger partial charge in [-0.25, -0.2) is 0 Å². The topological polar surface area (TPSA) is 39.1 Å². The van der Waals surface area contributed by atoms with Crippen LogP contribution in [0.5, 0.6) is 0 Å². The molecular formula is C15H23N3. The second-order valence-corrected chi connectivity index (χ2v) is 5.01. The maximum Gasteiger partial charge on any atom is 0.145 e. The standard InChI is InChI=1S/C15H23N3/c1-5-18(4)12-15(11-16,17-13(2)3)14-9-7-6-8-10-14/h6-10,13,17H,5,12H2,1-4H3. The van der Waals surface area contributed by atoms with Crippen molar-refractivity contribution in [3.8, 4) is 6.07 Å². The fraction of sp³-hybridized carbons (Fsp3) is 0.533. The minimum Gasteiger partial charge on any atom is -0.303 e. The summed E-state index contributed by atoms with van der Waals surface area (Å²) < 4.78 is 0. The smallest absolute Gasteiger partial charge is 0.145 e. The van der Waals surface area contributed by atoms with E-state index in [2.05, 4.69) is 37.1 Å². The molecule has 3 nitrogen and oxygen atoms in total. The Morgan fingerprint density at radius 2 is 1.94 bits per heavy atom. The molecular weight excluding hydrogens is 222 g/mol. The first kappa shape index (κ1) is 14.7. The Morgan fingerprint density at radius 3 is 2.39 bits per heavy atom. The number of rotatable bonds is 6. The summed E-state index contributed by atoms with van der Waals surface area (Å²) in [5.74, 6) is 0. The summed E-state index contributed by atoms with van der Waals surface area (Å²) in [6, 6.07) is 12.7. The third-order valence-corrected chi connectivity index (χ3v) is 3.04. The normalized spacial score (nSPS) is 14.5. The summed E-state index contributed by atoms with van der Waals surface area (Å²) >= 11 is 0. The Balaban J connectivity index is 3.11. The van der Waals surface area contributed by atoms with Gasteiger partial charge in [-0.2, -0.15) is 5.26 Å². The van der Waals surface area contributed by atoms with Gasteiger partial charge in [0.05, 0.1) is 6.07 Å². The van der Waals surface area contributed by atoms with E-state index in [0.29, 0.717) is 6.54 Å². The lowest BCUT2D eigenvalue weighted by atomic mass is 9.90. The molecule has 0 amide bonds. The Hall–Kier alpha value is -1.37. The van der Waals surface area contributed by atoms with E-state index in [1.165, 1.54) is 0 Å². The van der Waals surface area contributed by atoms with Crippen LogP contribution in [0.1, 0.15) is 26.3 Å². The maximum atomic E-state index is 9.68. The molecule has 0 heterocycles. The SMILES string of the molecule is CCN(C)CC(C#N)(NC(C)C)c1ccccc1. The van der Waals surface area contributed by atoms with Crippen LogP contribution in [0.4, 0.5) is 0 Å². The number of hydrogen-bond donors (Lipinski definition) is 1. The Labute approximate surface area is 110 Å². The van der Waals surface area contributed by atoms with E-state index >= 15 is 0 Å². The van der Waals surface area contributed by atoms with Crippen LogP contribution in [0.3, 0.4) is 0 Å². The first-order valence-electron chi connectivity index (χ1n) is 6.47. The minimum absolute atomic E-state index is 0.259. The average Bonchev–Trinajstić information content (AvgIpc) is 2.38. The van der Waals surface area contributed by atoms with Gasteiger partial charge in [0.15, 0.2) is 0 Å². The van der Waals surface area contributed by atoms with Gasteiger partial charge in [0.1, 0.15) is 5.54 Å². The molecule has 1 aromatic carbocycles. The van der Waals surface area contributed by atoms with Crippen LogP contribution in [-0.4, -0.2) is 31.1 Å². The van der Waals surface area contributed by atoms with Crippen LogP contribution in [0.2, 0.25) is 0 Å². The number of nitrogens with one attached hydrogen (secondary N) is 1. The molecule has 18 heavy (non-hydrogen) atoms. The zero-order chi connectivity index (χ0) is 13.6. The monoisotopic (exact) mass is 245 g/mol. The van der Waals surface area contributed by atoms with Crippen molar-refractivity contribution < 1.29 is 0 Å². The van der Waals surface area contributed by atoms with E-state index in [1.54, 1.807) is 0 Å². The van der Waals surface area contributed by atoms with Gasteiger partial charge in [-0.15, -0.1) is 0 Å². The van der Waals surface area contributed by atoms with Crippen molar-refractivity contribution in [2.45, 2.75) is 32.4 Å². The second kappa shape index (κ2) is 6.53. The predicted molar refractivity (Wildman–Crippen MR) is 75.2 cm³/mol. The lowest BCUT2D eigenvalue weighted by molar-refractivity contribution is 0.247.